The van der Waals surface area contributed by atoms with Gasteiger partial charge in [-0.3, -0.25) is 9.59 Å². The number of carbonyl (C=O) groups excluding carboxylic acids is 1. The van der Waals surface area contributed by atoms with Crippen molar-refractivity contribution < 1.29 is 22.7 Å². The Labute approximate surface area is 206 Å². The number of nitrogens with zero attached hydrogens (tertiary/aromatic N) is 5. The number of rotatable bonds is 7. The van der Waals surface area contributed by atoms with Crippen molar-refractivity contribution >= 4 is 17.5 Å². The van der Waals surface area contributed by atoms with Gasteiger partial charge >= 0.3 is 6.18 Å². The monoisotopic (exact) mass is 509 g/mol. The van der Waals surface area contributed by atoms with E-state index in [1.807, 2.05) is 16.7 Å². The average molecular weight is 510 g/mol. The van der Waals surface area contributed by atoms with Crippen LogP contribution in [0.15, 0.2) is 23.4 Å². The number of ether oxygens (including phenoxy) is 1. The van der Waals surface area contributed by atoms with Gasteiger partial charge in [-0.05, 0) is 39.5 Å². The molecule has 2 aliphatic rings. The van der Waals surface area contributed by atoms with E-state index in [1.165, 1.54) is 0 Å². The standard InChI is InChI=1S/C23H30F3N7O3/c1-14(30-18-12-29-31-20(34)15(18)2)13-36-19-4-3-7-33(21(19)35)17-5-8-32(9-6-17)22-27-10-16(11-28-22)23(24,25)26/h10-12,14,17,19H,3-9,13H2,1-2H3,(H2,30,31,34)/t14-,19-/m0/s1. The molecule has 4 rings (SSSR count). The number of likely N-dealkylation sites (tertiary alicyclic amines) is 1. The van der Waals surface area contributed by atoms with Gasteiger partial charge in [-0.15, -0.1) is 0 Å². The fourth-order valence-corrected chi connectivity index (χ4v) is 4.56. The summed E-state index contributed by atoms with van der Waals surface area (Å²) >= 11 is 0. The highest BCUT2D eigenvalue weighted by Gasteiger charge is 2.36. The molecule has 0 unspecified atom stereocenters. The summed E-state index contributed by atoms with van der Waals surface area (Å²) in [7, 11) is 0. The van der Waals surface area contributed by atoms with Gasteiger partial charge in [0.15, 0.2) is 0 Å². The lowest BCUT2D eigenvalue weighted by Crippen LogP contribution is -2.54. The number of H-pyrrole nitrogens is 1. The van der Waals surface area contributed by atoms with Gasteiger partial charge in [0.1, 0.15) is 6.10 Å². The van der Waals surface area contributed by atoms with Crippen molar-refractivity contribution in [3.05, 3.63) is 40.1 Å². The molecule has 2 N–H and O–H groups in total. The first-order chi connectivity index (χ1) is 17.1. The van der Waals surface area contributed by atoms with E-state index < -0.39 is 17.8 Å². The quantitative estimate of drug-likeness (QED) is 0.585. The number of amides is 1. The second-order valence-electron chi connectivity index (χ2n) is 9.27. The van der Waals surface area contributed by atoms with Gasteiger partial charge < -0.3 is 19.9 Å². The summed E-state index contributed by atoms with van der Waals surface area (Å²) < 4.78 is 44.2. The van der Waals surface area contributed by atoms with E-state index in [4.69, 9.17) is 4.74 Å². The molecule has 36 heavy (non-hydrogen) atoms. The Morgan fingerprint density at radius 3 is 2.50 bits per heavy atom. The van der Waals surface area contributed by atoms with Crippen LogP contribution in [0.5, 0.6) is 0 Å². The normalized spacial score (nSPS) is 20.5. The topological polar surface area (TPSA) is 116 Å². The predicted molar refractivity (Wildman–Crippen MR) is 126 cm³/mol. The van der Waals surface area contributed by atoms with Crippen LogP contribution in [0.25, 0.3) is 0 Å². The largest absolute Gasteiger partial charge is 0.419 e. The molecule has 2 saturated heterocycles. The Bertz CT molecular complexity index is 1100. The summed E-state index contributed by atoms with van der Waals surface area (Å²) in [6.07, 6.45) is 0.973. The van der Waals surface area contributed by atoms with E-state index >= 15 is 0 Å². The minimum atomic E-state index is -4.47. The van der Waals surface area contributed by atoms with Crippen molar-refractivity contribution in [3.63, 3.8) is 0 Å². The molecule has 2 atom stereocenters. The van der Waals surface area contributed by atoms with Gasteiger partial charge in [0.2, 0.25) is 5.95 Å². The van der Waals surface area contributed by atoms with Crippen molar-refractivity contribution in [3.8, 4) is 0 Å². The summed E-state index contributed by atoms with van der Waals surface area (Å²) in [5, 5.41) is 9.38. The molecule has 0 saturated carbocycles. The molecule has 2 aromatic heterocycles. The molecule has 1 amide bonds. The maximum Gasteiger partial charge on any atom is 0.419 e. The van der Waals surface area contributed by atoms with E-state index in [1.54, 1.807) is 13.1 Å². The molecule has 2 aromatic rings. The van der Waals surface area contributed by atoms with Crippen LogP contribution in [0.4, 0.5) is 24.8 Å². The lowest BCUT2D eigenvalue weighted by molar-refractivity contribution is -0.151. The predicted octanol–water partition coefficient (Wildman–Crippen LogP) is 2.36. The van der Waals surface area contributed by atoms with Gasteiger partial charge in [-0.25, -0.2) is 15.1 Å². The highest BCUT2D eigenvalue weighted by Crippen LogP contribution is 2.29. The van der Waals surface area contributed by atoms with E-state index in [0.29, 0.717) is 56.8 Å². The van der Waals surface area contributed by atoms with Gasteiger partial charge in [0, 0.05) is 49.7 Å². The SMILES string of the molecule is Cc1c(N[C@@H](C)CO[C@H]2CCCN(C3CCN(c4ncc(C(F)(F)F)cn4)CC3)C2=O)cn[nH]c1=O. The van der Waals surface area contributed by atoms with Crippen molar-refractivity contribution in [2.45, 2.75) is 63.9 Å². The number of anilines is 2. The van der Waals surface area contributed by atoms with Crippen LogP contribution < -0.4 is 15.8 Å². The zero-order valence-electron chi connectivity index (χ0n) is 20.2. The van der Waals surface area contributed by atoms with E-state index in [2.05, 4.69) is 25.5 Å². The third-order valence-corrected chi connectivity index (χ3v) is 6.63. The Kier molecular flexibility index (Phi) is 7.76. The van der Waals surface area contributed by atoms with Crippen LogP contribution in [0, 0.1) is 6.92 Å². The molecule has 2 aliphatic heterocycles. The molecule has 196 valence electrons. The number of halogens is 3. The third kappa shape index (κ3) is 5.94. The first-order valence-electron chi connectivity index (χ1n) is 12.0. The Hall–Kier alpha value is -3.22. The molecule has 0 spiro atoms. The van der Waals surface area contributed by atoms with Gasteiger partial charge in [0.05, 0.1) is 24.1 Å². The highest BCUT2D eigenvalue weighted by atomic mass is 19.4. The fraction of sp³-hybridized carbons (Fsp3) is 0.609. The molecular formula is C23H30F3N7O3. The van der Waals surface area contributed by atoms with Gasteiger partial charge in [0.25, 0.3) is 11.5 Å². The summed E-state index contributed by atoms with van der Waals surface area (Å²) in [5.41, 5.74) is 0.0158. The van der Waals surface area contributed by atoms with E-state index in [0.717, 1.165) is 18.8 Å². The zero-order valence-corrected chi connectivity index (χ0v) is 20.2. The highest BCUT2D eigenvalue weighted by molar-refractivity contribution is 5.82. The number of piperidine rings is 2. The van der Waals surface area contributed by atoms with Crippen LogP contribution in [0.3, 0.4) is 0 Å². The van der Waals surface area contributed by atoms with Crippen molar-refractivity contribution in [2.24, 2.45) is 0 Å². The number of nitrogens with one attached hydrogen (secondary N) is 2. The lowest BCUT2D eigenvalue weighted by atomic mass is 9.98. The molecule has 0 aliphatic carbocycles. The summed E-state index contributed by atoms with van der Waals surface area (Å²) in [5.74, 6) is 0.228. The van der Waals surface area contributed by atoms with Crippen LogP contribution in [-0.2, 0) is 15.7 Å². The Morgan fingerprint density at radius 1 is 1.14 bits per heavy atom. The number of aromatic nitrogens is 4. The molecule has 10 nitrogen and oxygen atoms in total. The second-order valence-corrected chi connectivity index (χ2v) is 9.27. The van der Waals surface area contributed by atoms with Crippen LogP contribution in [0.2, 0.25) is 0 Å². The van der Waals surface area contributed by atoms with E-state index in [-0.39, 0.29) is 29.5 Å². The maximum absolute atomic E-state index is 13.2. The first kappa shape index (κ1) is 25.9. The Morgan fingerprint density at radius 2 is 1.83 bits per heavy atom. The van der Waals surface area contributed by atoms with Crippen molar-refractivity contribution in [1.29, 1.82) is 0 Å². The molecule has 0 aromatic carbocycles. The smallest absolute Gasteiger partial charge is 0.379 e. The van der Waals surface area contributed by atoms with E-state index in [9.17, 15) is 22.8 Å². The minimum absolute atomic E-state index is 0.0355. The second kappa shape index (κ2) is 10.8. The zero-order chi connectivity index (χ0) is 25.9. The van der Waals surface area contributed by atoms with Gasteiger partial charge in [-0.1, -0.05) is 0 Å². The molecule has 0 bridgehead atoms. The molecular weight excluding hydrogens is 479 g/mol. The first-order valence-corrected chi connectivity index (χ1v) is 12.0. The number of aromatic amines is 1. The summed E-state index contributed by atoms with van der Waals surface area (Å²) in [4.78, 5) is 36.4. The number of carbonyl (C=O) groups is 1. The average Bonchev–Trinajstić information content (AvgIpc) is 2.86. The summed E-state index contributed by atoms with van der Waals surface area (Å²) in [6, 6.07) is -0.0997. The molecule has 0 radical (unpaired) electrons. The Balaban J connectivity index is 1.27. The van der Waals surface area contributed by atoms with Crippen LogP contribution in [-0.4, -0.2) is 75.4 Å². The van der Waals surface area contributed by atoms with Gasteiger partial charge in [-0.2, -0.15) is 18.3 Å². The minimum Gasteiger partial charge on any atom is -0.379 e. The van der Waals surface area contributed by atoms with Crippen LogP contribution in [0.1, 0.15) is 43.7 Å². The van der Waals surface area contributed by atoms with Crippen molar-refractivity contribution in [1.82, 2.24) is 25.1 Å². The third-order valence-electron chi connectivity index (χ3n) is 6.63. The molecule has 4 heterocycles. The maximum atomic E-state index is 13.2. The van der Waals surface area contributed by atoms with Crippen LogP contribution >= 0.6 is 0 Å². The number of alkyl halides is 3. The lowest BCUT2D eigenvalue weighted by Gasteiger charge is -2.42. The summed E-state index contributed by atoms with van der Waals surface area (Å²) in [6.45, 7) is 5.66. The number of hydrogen-bond acceptors (Lipinski definition) is 8. The molecule has 2 fully saturated rings. The number of hydrogen-bond donors (Lipinski definition) is 2. The fourth-order valence-electron chi connectivity index (χ4n) is 4.56. The molecule has 13 heteroatoms. The van der Waals surface area contributed by atoms with Crippen molar-refractivity contribution in [2.75, 3.05) is 36.5 Å².